The van der Waals surface area contributed by atoms with E-state index in [1.807, 2.05) is 48.5 Å². The van der Waals surface area contributed by atoms with E-state index in [2.05, 4.69) is 10.7 Å². The average Bonchev–Trinajstić information content (AvgIpc) is 3.05. The molecule has 0 bridgehead atoms. The minimum atomic E-state index is -0.359. The number of rotatable bonds is 2. The van der Waals surface area contributed by atoms with E-state index in [0.29, 0.717) is 19.0 Å². The molecule has 0 aliphatic carbocycles. The lowest BCUT2D eigenvalue weighted by molar-refractivity contribution is -0.131. The van der Waals surface area contributed by atoms with Crippen molar-refractivity contribution in [3.63, 3.8) is 0 Å². The fourth-order valence-corrected chi connectivity index (χ4v) is 3.87. The fraction of sp³-hybridized carbons (Fsp3) is 0.250. The standard InChI is InChI=1S/C20H20N4O3/c21-19-18(12-4-2-1-3-5-12)20-22-14(11-17(25)24(20)23-19)13-6-7-15-16(10-13)27-9-8-26-15/h1-7,10-11,18-20,22-23H,8-9,21H2. The number of hydrogen-bond acceptors (Lipinski definition) is 6. The van der Waals surface area contributed by atoms with Crippen LogP contribution in [-0.2, 0) is 4.79 Å². The Morgan fingerprint density at radius 2 is 1.81 bits per heavy atom. The smallest absolute Gasteiger partial charge is 0.264 e. The third kappa shape index (κ3) is 2.72. The van der Waals surface area contributed by atoms with Gasteiger partial charge in [-0.25, -0.2) is 10.4 Å². The lowest BCUT2D eigenvalue weighted by atomic mass is 9.93. The summed E-state index contributed by atoms with van der Waals surface area (Å²) in [6.07, 6.45) is 0.944. The summed E-state index contributed by atoms with van der Waals surface area (Å²) in [5.41, 5.74) is 12.1. The third-order valence-corrected chi connectivity index (χ3v) is 5.14. The topological polar surface area (TPSA) is 88.9 Å². The zero-order valence-corrected chi connectivity index (χ0v) is 14.6. The van der Waals surface area contributed by atoms with E-state index >= 15 is 0 Å². The van der Waals surface area contributed by atoms with E-state index in [1.54, 1.807) is 11.1 Å². The fourth-order valence-electron chi connectivity index (χ4n) is 3.87. The molecule has 3 aliphatic rings. The largest absolute Gasteiger partial charge is 0.486 e. The lowest BCUT2D eigenvalue weighted by Gasteiger charge is -2.33. The second-order valence-electron chi connectivity index (χ2n) is 6.81. The Morgan fingerprint density at radius 1 is 1.04 bits per heavy atom. The molecule has 0 radical (unpaired) electrons. The van der Waals surface area contributed by atoms with Crippen molar-refractivity contribution in [1.82, 2.24) is 15.8 Å². The number of carbonyl (C=O) groups excluding carboxylic acids is 1. The normalized spacial score (nSPS) is 26.3. The van der Waals surface area contributed by atoms with Crippen molar-refractivity contribution in [3.8, 4) is 11.5 Å². The molecule has 4 N–H and O–H groups in total. The summed E-state index contributed by atoms with van der Waals surface area (Å²) in [7, 11) is 0. The molecule has 3 unspecified atom stereocenters. The van der Waals surface area contributed by atoms with Gasteiger partial charge in [0.1, 0.15) is 19.4 Å². The van der Waals surface area contributed by atoms with Crippen molar-refractivity contribution >= 4 is 11.6 Å². The highest BCUT2D eigenvalue weighted by Crippen LogP contribution is 2.36. The second-order valence-corrected chi connectivity index (χ2v) is 6.81. The van der Waals surface area contributed by atoms with Gasteiger partial charge in [0.25, 0.3) is 5.91 Å². The van der Waals surface area contributed by atoms with Crippen LogP contribution >= 0.6 is 0 Å². The SMILES string of the molecule is NC1NN2C(=O)C=C(c3ccc4c(c3)OCCO4)NC2C1c1ccccc1. The van der Waals surface area contributed by atoms with Gasteiger partial charge >= 0.3 is 0 Å². The first-order chi connectivity index (χ1) is 13.2. The molecule has 0 saturated carbocycles. The molecular formula is C20H20N4O3. The number of amides is 1. The molecule has 0 aromatic heterocycles. The highest BCUT2D eigenvalue weighted by molar-refractivity contribution is 5.97. The van der Waals surface area contributed by atoms with Gasteiger partial charge in [-0.05, 0) is 23.8 Å². The summed E-state index contributed by atoms with van der Waals surface area (Å²) in [4.78, 5) is 12.7. The van der Waals surface area contributed by atoms with Gasteiger partial charge in [-0.2, -0.15) is 0 Å². The number of nitrogens with two attached hydrogens (primary N) is 1. The zero-order chi connectivity index (χ0) is 18.4. The van der Waals surface area contributed by atoms with Gasteiger partial charge in [0.2, 0.25) is 0 Å². The van der Waals surface area contributed by atoms with Gasteiger partial charge in [-0.1, -0.05) is 30.3 Å². The van der Waals surface area contributed by atoms with Crippen LogP contribution in [-0.4, -0.2) is 36.5 Å². The number of ether oxygens (including phenoxy) is 2. The van der Waals surface area contributed by atoms with Gasteiger partial charge in [-0.3, -0.25) is 4.79 Å². The van der Waals surface area contributed by atoms with Crippen LogP contribution in [0.3, 0.4) is 0 Å². The Hall–Kier alpha value is -3.03. The summed E-state index contributed by atoms with van der Waals surface area (Å²) < 4.78 is 11.2. The zero-order valence-electron chi connectivity index (χ0n) is 14.6. The van der Waals surface area contributed by atoms with Crippen LogP contribution in [0.15, 0.2) is 54.6 Å². The van der Waals surface area contributed by atoms with Crippen LogP contribution in [0, 0.1) is 0 Å². The summed E-state index contributed by atoms with van der Waals surface area (Å²) >= 11 is 0. The van der Waals surface area contributed by atoms with E-state index in [0.717, 1.165) is 22.6 Å². The van der Waals surface area contributed by atoms with Crippen LogP contribution in [0.2, 0.25) is 0 Å². The predicted octanol–water partition coefficient (Wildman–Crippen LogP) is 1.14. The molecule has 3 aliphatic heterocycles. The van der Waals surface area contributed by atoms with Gasteiger partial charge in [-0.15, -0.1) is 0 Å². The first-order valence-electron chi connectivity index (χ1n) is 8.99. The van der Waals surface area contributed by atoms with Gasteiger partial charge in [0.05, 0.1) is 12.1 Å². The summed E-state index contributed by atoms with van der Waals surface area (Å²) in [6, 6.07) is 15.7. The third-order valence-electron chi connectivity index (χ3n) is 5.14. The van der Waals surface area contributed by atoms with Gasteiger partial charge in [0, 0.05) is 17.3 Å². The first kappa shape index (κ1) is 16.2. The van der Waals surface area contributed by atoms with E-state index in [-0.39, 0.29) is 24.2 Å². The number of hydrogen-bond donors (Lipinski definition) is 3. The minimum Gasteiger partial charge on any atom is -0.486 e. The predicted molar refractivity (Wildman–Crippen MR) is 99.5 cm³/mol. The quantitative estimate of drug-likeness (QED) is 0.741. The molecule has 1 fully saturated rings. The van der Waals surface area contributed by atoms with Crippen molar-refractivity contribution in [2.24, 2.45) is 5.73 Å². The summed E-state index contributed by atoms with van der Waals surface area (Å²) in [5, 5.41) is 5.05. The molecule has 5 rings (SSSR count). The van der Waals surface area contributed by atoms with Crippen LogP contribution in [0.5, 0.6) is 11.5 Å². The van der Waals surface area contributed by atoms with Crippen molar-refractivity contribution in [2.75, 3.05) is 13.2 Å². The monoisotopic (exact) mass is 364 g/mol. The first-order valence-corrected chi connectivity index (χ1v) is 8.99. The number of nitrogens with one attached hydrogen (secondary N) is 2. The maximum absolute atomic E-state index is 12.7. The molecule has 7 nitrogen and oxygen atoms in total. The summed E-state index contributed by atoms with van der Waals surface area (Å²) in [5.74, 6) is 1.21. The number of nitrogens with zero attached hydrogens (tertiary/aromatic N) is 1. The molecule has 1 amide bonds. The van der Waals surface area contributed by atoms with E-state index in [9.17, 15) is 4.79 Å². The van der Waals surface area contributed by atoms with Crippen molar-refractivity contribution in [1.29, 1.82) is 0 Å². The molecular weight excluding hydrogens is 344 g/mol. The van der Waals surface area contributed by atoms with Crippen LogP contribution in [0.1, 0.15) is 17.0 Å². The molecule has 138 valence electrons. The van der Waals surface area contributed by atoms with E-state index in [1.165, 1.54) is 0 Å². The summed E-state index contributed by atoms with van der Waals surface area (Å²) in [6.45, 7) is 1.07. The Balaban J connectivity index is 1.48. The average molecular weight is 364 g/mol. The Kier molecular flexibility index (Phi) is 3.77. The molecule has 27 heavy (non-hydrogen) atoms. The van der Waals surface area contributed by atoms with Crippen LogP contribution < -0.4 is 25.9 Å². The highest BCUT2D eigenvalue weighted by Gasteiger charge is 2.45. The van der Waals surface area contributed by atoms with Gasteiger partial charge < -0.3 is 20.5 Å². The van der Waals surface area contributed by atoms with E-state index in [4.69, 9.17) is 15.2 Å². The number of hydrazine groups is 1. The second kappa shape index (κ2) is 6.29. The maximum atomic E-state index is 12.7. The van der Waals surface area contributed by atoms with E-state index < -0.39 is 0 Å². The Morgan fingerprint density at radius 3 is 2.63 bits per heavy atom. The molecule has 2 aromatic rings. The lowest BCUT2D eigenvalue weighted by Crippen LogP contribution is -2.52. The molecule has 7 heteroatoms. The van der Waals surface area contributed by atoms with Crippen molar-refractivity contribution in [3.05, 3.63) is 65.7 Å². The van der Waals surface area contributed by atoms with Crippen LogP contribution in [0.25, 0.3) is 5.70 Å². The Labute approximate surface area is 156 Å². The molecule has 0 spiro atoms. The highest BCUT2D eigenvalue weighted by atomic mass is 16.6. The molecule has 2 aromatic carbocycles. The van der Waals surface area contributed by atoms with Gasteiger partial charge in [0.15, 0.2) is 11.5 Å². The minimum absolute atomic E-state index is 0.0731. The van der Waals surface area contributed by atoms with Crippen LogP contribution in [0.4, 0.5) is 0 Å². The molecule has 3 heterocycles. The Bertz CT molecular complexity index is 915. The van der Waals surface area contributed by atoms with Crippen molar-refractivity contribution in [2.45, 2.75) is 18.2 Å². The molecule has 1 saturated heterocycles. The van der Waals surface area contributed by atoms with Crippen molar-refractivity contribution < 1.29 is 14.3 Å². The number of benzene rings is 2. The maximum Gasteiger partial charge on any atom is 0.264 e. The number of fused-ring (bicyclic) bond motifs is 2. The molecule has 3 atom stereocenters. The number of carbonyl (C=O) groups is 1.